The summed E-state index contributed by atoms with van der Waals surface area (Å²) >= 11 is 5.65. The van der Waals surface area contributed by atoms with Gasteiger partial charge in [0.15, 0.2) is 0 Å². The predicted molar refractivity (Wildman–Crippen MR) is 76.1 cm³/mol. The van der Waals surface area contributed by atoms with Crippen molar-refractivity contribution in [3.05, 3.63) is 47.9 Å². The van der Waals surface area contributed by atoms with E-state index in [4.69, 9.17) is 11.6 Å². The monoisotopic (exact) mass is 308 g/mol. The molecule has 0 saturated heterocycles. The first-order valence-electron chi connectivity index (χ1n) is 5.63. The third kappa shape index (κ3) is 2.33. The van der Waals surface area contributed by atoms with Crippen molar-refractivity contribution < 1.29 is 8.42 Å². The Morgan fingerprint density at radius 1 is 1.15 bits per heavy atom. The number of anilines is 1. The van der Waals surface area contributed by atoms with E-state index < -0.39 is 10.0 Å². The fraction of sp³-hybridized carbons (Fsp3) is 0. The Balaban J connectivity index is 2.01. The minimum atomic E-state index is -3.72. The number of rotatable bonds is 3. The van der Waals surface area contributed by atoms with Gasteiger partial charge in [0.2, 0.25) is 0 Å². The van der Waals surface area contributed by atoms with Crippen LogP contribution in [0.3, 0.4) is 0 Å². The lowest BCUT2D eigenvalue weighted by Gasteiger charge is -2.08. The highest BCUT2D eigenvalue weighted by Crippen LogP contribution is 2.23. The molecule has 0 saturated carbocycles. The van der Waals surface area contributed by atoms with Crippen LogP contribution in [0.25, 0.3) is 10.9 Å². The molecule has 0 aliphatic rings. The van der Waals surface area contributed by atoms with Crippen LogP contribution in [-0.4, -0.2) is 23.6 Å². The molecule has 0 radical (unpaired) electrons. The number of halogens is 1. The Hall–Kier alpha value is -2.12. The summed E-state index contributed by atoms with van der Waals surface area (Å²) < 4.78 is 27.0. The van der Waals surface area contributed by atoms with Gasteiger partial charge >= 0.3 is 0 Å². The summed E-state index contributed by atoms with van der Waals surface area (Å²) in [6.07, 6.45) is 2.83. The zero-order chi connectivity index (χ0) is 14.2. The molecule has 20 heavy (non-hydrogen) atoms. The van der Waals surface area contributed by atoms with Crippen molar-refractivity contribution in [3.8, 4) is 0 Å². The summed E-state index contributed by atoms with van der Waals surface area (Å²) in [7, 11) is -3.72. The molecule has 0 bridgehead atoms. The Labute approximate surface area is 119 Å². The van der Waals surface area contributed by atoms with Crippen LogP contribution < -0.4 is 4.72 Å². The van der Waals surface area contributed by atoms with Gasteiger partial charge in [0.25, 0.3) is 10.0 Å². The van der Waals surface area contributed by atoms with Gasteiger partial charge < -0.3 is 0 Å². The Morgan fingerprint density at radius 2 is 2.00 bits per heavy atom. The molecule has 0 fully saturated rings. The number of nitrogens with zero attached hydrogens (tertiary/aromatic N) is 2. The lowest BCUT2D eigenvalue weighted by Crippen LogP contribution is -2.13. The summed E-state index contributed by atoms with van der Waals surface area (Å²) in [5.74, 6) is 0. The van der Waals surface area contributed by atoms with Crippen molar-refractivity contribution in [3.63, 3.8) is 0 Å². The summed E-state index contributed by atoms with van der Waals surface area (Å²) in [4.78, 5) is 3.81. The highest BCUT2D eigenvalue weighted by atomic mass is 35.5. The zero-order valence-corrected chi connectivity index (χ0v) is 11.6. The van der Waals surface area contributed by atoms with Crippen LogP contribution in [0.4, 0.5) is 5.69 Å². The van der Waals surface area contributed by atoms with Crippen LogP contribution in [0.15, 0.2) is 47.6 Å². The van der Waals surface area contributed by atoms with Gasteiger partial charge in [-0.2, -0.15) is 5.10 Å². The molecular weight excluding hydrogens is 300 g/mol. The van der Waals surface area contributed by atoms with Gasteiger partial charge in [0.05, 0.1) is 17.4 Å². The molecule has 3 rings (SSSR count). The number of H-pyrrole nitrogens is 1. The molecule has 1 aromatic carbocycles. The molecule has 0 amide bonds. The smallest absolute Gasteiger partial charge is 0.263 e. The molecule has 6 nitrogen and oxygen atoms in total. The number of para-hydroxylation sites is 1. The number of aromatic nitrogens is 3. The van der Waals surface area contributed by atoms with Gasteiger partial charge in [-0.1, -0.05) is 23.7 Å². The highest BCUT2D eigenvalue weighted by molar-refractivity contribution is 7.92. The van der Waals surface area contributed by atoms with E-state index in [1.807, 2.05) is 6.07 Å². The number of hydrogen-bond acceptors (Lipinski definition) is 4. The molecule has 102 valence electrons. The second-order valence-electron chi connectivity index (χ2n) is 4.06. The lowest BCUT2D eigenvalue weighted by atomic mass is 10.2. The third-order valence-corrected chi connectivity index (χ3v) is 4.31. The lowest BCUT2D eigenvalue weighted by molar-refractivity contribution is 0.601. The molecule has 0 unspecified atom stereocenters. The van der Waals surface area contributed by atoms with Gasteiger partial charge in [-0.05, 0) is 18.2 Å². The van der Waals surface area contributed by atoms with E-state index in [0.29, 0.717) is 11.2 Å². The molecule has 2 N–H and O–H groups in total. The average molecular weight is 309 g/mol. The zero-order valence-electron chi connectivity index (χ0n) is 10.0. The molecule has 3 aromatic rings. The Kier molecular flexibility index (Phi) is 3.07. The normalized spacial score (nSPS) is 11.7. The standard InChI is InChI=1S/C12H9ClN4O2S/c13-11-5-4-9(7-14-11)20(18,19)17-10-3-1-2-8-6-15-16-12(8)10/h1-7,17H,(H,15,16). The maximum atomic E-state index is 12.2. The number of nitrogens with one attached hydrogen (secondary N) is 2. The first kappa shape index (κ1) is 12.9. The Bertz CT molecular complexity index is 859. The van der Waals surface area contributed by atoms with Crippen molar-refractivity contribution in [2.45, 2.75) is 4.90 Å². The first-order valence-corrected chi connectivity index (χ1v) is 7.49. The van der Waals surface area contributed by atoms with E-state index >= 15 is 0 Å². The summed E-state index contributed by atoms with van der Waals surface area (Å²) in [5, 5.41) is 7.70. The van der Waals surface area contributed by atoms with Crippen LogP contribution in [0.5, 0.6) is 0 Å². The topological polar surface area (TPSA) is 87.7 Å². The van der Waals surface area contributed by atoms with Crippen LogP contribution in [0.2, 0.25) is 5.15 Å². The van der Waals surface area contributed by atoms with Gasteiger partial charge in [-0.25, -0.2) is 13.4 Å². The summed E-state index contributed by atoms with van der Waals surface area (Å²) in [5.41, 5.74) is 1.05. The predicted octanol–water partition coefficient (Wildman–Crippen LogP) is 2.41. The van der Waals surface area contributed by atoms with E-state index in [1.54, 1.807) is 18.3 Å². The Morgan fingerprint density at radius 3 is 2.75 bits per heavy atom. The number of aromatic amines is 1. The SMILES string of the molecule is O=S(=O)(Nc1cccc2cn[nH]c12)c1ccc(Cl)nc1. The van der Waals surface area contributed by atoms with Gasteiger partial charge in [0, 0.05) is 11.6 Å². The summed E-state index contributed by atoms with van der Waals surface area (Å²) in [6, 6.07) is 8.05. The van der Waals surface area contributed by atoms with Gasteiger partial charge in [-0.15, -0.1) is 0 Å². The maximum Gasteiger partial charge on any atom is 0.263 e. The van der Waals surface area contributed by atoms with Gasteiger partial charge in [0.1, 0.15) is 10.0 Å². The quantitative estimate of drug-likeness (QED) is 0.727. The van der Waals surface area contributed by atoms with Crippen LogP contribution in [-0.2, 0) is 10.0 Å². The largest absolute Gasteiger partial charge is 0.277 e. The van der Waals surface area contributed by atoms with Crippen LogP contribution >= 0.6 is 11.6 Å². The molecule has 2 heterocycles. The number of pyridine rings is 1. The molecular formula is C12H9ClN4O2S. The third-order valence-electron chi connectivity index (χ3n) is 2.73. The fourth-order valence-corrected chi connectivity index (χ4v) is 2.91. The van der Waals surface area contributed by atoms with E-state index in [-0.39, 0.29) is 10.0 Å². The van der Waals surface area contributed by atoms with Crippen molar-refractivity contribution >= 4 is 38.2 Å². The van der Waals surface area contributed by atoms with Crippen molar-refractivity contribution in [1.29, 1.82) is 0 Å². The van der Waals surface area contributed by atoms with Crippen molar-refractivity contribution in [1.82, 2.24) is 15.2 Å². The second-order valence-corrected chi connectivity index (χ2v) is 6.13. The molecule has 0 atom stereocenters. The number of hydrogen-bond donors (Lipinski definition) is 2. The fourth-order valence-electron chi connectivity index (χ4n) is 1.78. The van der Waals surface area contributed by atoms with Crippen LogP contribution in [0.1, 0.15) is 0 Å². The molecule has 8 heteroatoms. The minimum Gasteiger partial charge on any atom is -0.277 e. The van der Waals surface area contributed by atoms with Crippen LogP contribution in [0, 0.1) is 0 Å². The highest BCUT2D eigenvalue weighted by Gasteiger charge is 2.16. The van der Waals surface area contributed by atoms with E-state index in [0.717, 1.165) is 5.39 Å². The number of fused-ring (bicyclic) bond motifs is 1. The van der Waals surface area contributed by atoms with Gasteiger partial charge in [-0.3, -0.25) is 9.82 Å². The van der Waals surface area contributed by atoms with Crippen molar-refractivity contribution in [2.75, 3.05) is 4.72 Å². The summed E-state index contributed by atoms with van der Waals surface area (Å²) in [6.45, 7) is 0. The first-order chi connectivity index (χ1) is 9.56. The molecule has 2 aromatic heterocycles. The van der Waals surface area contributed by atoms with Crippen molar-refractivity contribution in [2.24, 2.45) is 0 Å². The van der Waals surface area contributed by atoms with E-state index in [1.165, 1.54) is 18.3 Å². The molecule has 0 aliphatic carbocycles. The number of sulfonamides is 1. The molecule has 0 spiro atoms. The maximum absolute atomic E-state index is 12.2. The average Bonchev–Trinajstić information content (AvgIpc) is 2.88. The second kappa shape index (κ2) is 4.77. The molecule has 0 aliphatic heterocycles. The minimum absolute atomic E-state index is 0.0402. The van der Waals surface area contributed by atoms with E-state index in [2.05, 4.69) is 19.9 Å². The van der Waals surface area contributed by atoms with E-state index in [9.17, 15) is 8.42 Å². The number of benzene rings is 1.